The van der Waals surface area contributed by atoms with Crippen molar-refractivity contribution in [1.29, 1.82) is 5.41 Å². The van der Waals surface area contributed by atoms with Crippen LogP contribution in [0.25, 0.3) is 0 Å². The summed E-state index contributed by atoms with van der Waals surface area (Å²) in [6, 6.07) is 6.31. The lowest BCUT2D eigenvalue weighted by atomic mass is 9.91. The normalized spacial score (nSPS) is 11.9. The molecule has 0 bridgehead atoms. The molecule has 132 valence electrons. The first-order valence-corrected chi connectivity index (χ1v) is 8.69. The summed E-state index contributed by atoms with van der Waals surface area (Å²) in [7, 11) is 0. The quantitative estimate of drug-likeness (QED) is 0.330. The van der Waals surface area contributed by atoms with Gasteiger partial charge in [0.25, 0.3) is 0 Å². The molecule has 0 aromatic heterocycles. The van der Waals surface area contributed by atoms with Crippen LogP contribution in [-0.2, 0) is 19.3 Å². The number of hydrogen-bond acceptors (Lipinski definition) is 1. The number of benzene rings is 1. The van der Waals surface area contributed by atoms with Crippen molar-refractivity contribution >= 4 is 6.21 Å². The second-order valence-corrected chi connectivity index (χ2v) is 5.99. The Morgan fingerprint density at radius 1 is 1.17 bits per heavy atom. The highest BCUT2D eigenvalue weighted by atomic mass is 19.1. The average Bonchev–Trinajstić information content (AvgIpc) is 2.57. The molecule has 0 radical (unpaired) electrons. The molecule has 0 amide bonds. The molecule has 0 spiro atoms. The molecule has 1 aromatic rings. The Hall–Kier alpha value is -1.96. The summed E-state index contributed by atoms with van der Waals surface area (Å²) in [5, 5.41) is 6.84. The molecule has 0 heterocycles. The van der Waals surface area contributed by atoms with Gasteiger partial charge in [-0.2, -0.15) is 0 Å². The van der Waals surface area contributed by atoms with Crippen LogP contribution in [0.2, 0.25) is 0 Å². The Morgan fingerprint density at radius 3 is 2.29 bits per heavy atom. The van der Waals surface area contributed by atoms with E-state index in [1.54, 1.807) is 6.08 Å². The van der Waals surface area contributed by atoms with Crippen LogP contribution in [0.15, 0.2) is 54.4 Å². The first-order chi connectivity index (χ1) is 11.5. The third kappa shape index (κ3) is 9.24. The van der Waals surface area contributed by atoms with Crippen LogP contribution in [0, 0.1) is 11.3 Å². The van der Waals surface area contributed by atoms with Crippen molar-refractivity contribution in [3.05, 3.63) is 71.1 Å². The van der Waals surface area contributed by atoms with Crippen molar-refractivity contribution in [2.75, 3.05) is 0 Å². The highest BCUT2D eigenvalue weighted by Crippen LogP contribution is 2.20. The average molecular weight is 330 g/mol. The summed E-state index contributed by atoms with van der Waals surface area (Å²) >= 11 is 0. The maximum absolute atomic E-state index is 13.5. The largest absolute Gasteiger partial charge is 0.309 e. The number of rotatable bonds is 7. The third-order valence-electron chi connectivity index (χ3n) is 3.55. The number of hydrogen-bond donors (Lipinski definition) is 1. The first-order valence-electron chi connectivity index (χ1n) is 8.69. The first kappa shape index (κ1) is 22.0. The molecule has 0 aliphatic carbocycles. The highest BCUT2D eigenvalue weighted by molar-refractivity contribution is 5.68. The summed E-state index contributed by atoms with van der Waals surface area (Å²) in [5.41, 5.74) is 3.93. The Balaban J connectivity index is 0.00000118. The van der Waals surface area contributed by atoms with Gasteiger partial charge in [0.05, 0.1) is 0 Å². The standard InChI is InChI=1S/C18H24FN.C4H8/c1-4-18-15(10-11-17(19)9-6-12-20)7-5-8-16(18)13-14(2)3;1-3-4-2/h5-9,11-12,14,20H,4,10,13H2,1-3H3;3-4H,1-2H3/b9-6-,17-11+,20-12?;4-3+. The number of allylic oxidation sites excluding steroid dienone is 6. The van der Waals surface area contributed by atoms with Crippen LogP contribution in [0.5, 0.6) is 0 Å². The predicted molar refractivity (Wildman–Crippen MR) is 106 cm³/mol. The Morgan fingerprint density at radius 2 is 1.79 bits per heavy atom. The highest BCUT2D eigenvalue weighted by Gasteiger charge is 2.07. The van der Waals surface area contributed by atoms with Gasteiger partial charge >= 0.3 is 0 Å². The monoisotopic (exact) mass is 329 g/mol. The molecule has 2 heteroatoms. The van der Waals surface area contributed by atoms with Gasteiger partial charge in [0.15, 0.2) is 0 Å². The molecule has 0 unspecified atom stereocenters. The molecule has 1 aromatic carbocycles. The van der Waals surface area contributed by atoms with Crippen LogP contribution < -0.4 is 0 Å². The van der Waals surface area contributed by atoms with E-state index in [0.29, 0.717) is 12.3 Å². The van der Waals surface area contributed by atoms with Gasteiger partial charge in [-0.25, -0.2) is 4.39 Å². The molecule has 0 saturated carbocycles. The van der Waals surface area contributed by atoms with Crippen molar-refractivity contribution in [1.82, 2.24) is 0 Å². The van der Waals surface area contributed by atoms with Gasteiger partial charge in [-0.15, -0.1) is 0 Å². The molecule has 24 heavy (non-hydrogen) atoms. The van der Waals surface area contributed by atoms with Gasteiger partial charge in [0.1, 0.15) is 5.83 Å². The smallest absolute Gasteiger partial charge is 0.119 e. The van der Waals surface area contributed by atoms with E-state index < -0.39 is 0 Å². The lowest BCUT2D eigenvalue weighted by Gasteiger charge is -2.14. The Labute approximate surface area is 147 Å². The molecule has 1 nitrogen and oxygen atoms in total. The molecular formula is C22H32FN. The minimum Gasteiger partial charge on any atom is -0.309 e. The SMILES string of the molecule is C/C=C/C.CCc1c(C/C=C(F)\C=C/C=N)cccc1CC(C)C. The van der Waals surface area contributed by atoms with Gasteiger partial charge < -0.3 is 5.41 Å². The minimum absolute atomic E-state index is 0.287. The van der Waals surface area contributed by atoms with Crippen molar-refractivity contribution in [2.24, 2.45) is 5.92 Å². The van der Waals surface area contributed by atoms with E-state index >= 15 is 0 Å². The molecule has 0 atom stereocenters. The van der Waals surface area contributed by atoms with E-state index in [9.17, 15) is 4.39 Å². The van der Waals surface area contributed by atoms with Gasteiger partial charge in [0.2, 0.25) is 0 Å². The fourth-order valence-corrected chi connectivity index (χ4v) is 2.38. The summed E-state index contributed by atoms with van der Waals surface area (Å²) in [4.78, 5) is 0. The summed E-state index contributed by atoms with van der Waals surface area (Å²) in [5.74, 6) is 0.336. The van der Waals surface area contributed by atoms with Crippen LogP contribution >= 0.6 is 0 Å². The fraction of sp³-hybridized carbons (Fsp3) is 0.409. The van der Waals surface area contributed by atoms with Crippen LogP contribution in [0.3, 0.4) is 0 Å². The van der Waals surface area contributed by atoms with Crippen molar-refractivity contribution in [2.45, 2.75) is 53.9 Å². The van der Waals surface area contributed by atoms with Gasteiger partial charge in [-0.3, -0.25) is 0 Å². The molecule has 0 aliphatic heterocycles. The zero-order chi connectivity index (χ0) is 18.4. The predicted octanol–water partition coefficient (Wildman–Crippen LogP) is 6.63. The van der Waals surface area contributed by atoms with E-state index in [2.05, 4.69) is 39.0 Å². The van der Waals surface area contributed by atoms with E-state index in [4.69, 9.17) is 5.41 Å². The second kappa shape index (κ2) is 13.5. The van der Waals surface area contributed by atoms with E-state index in [-0.39, 0.29) is 5.83 Å². The topological polar surface area (TPSA) is 23.9 Å². The minimum atomic E-state index is -0.287. The second-order valence-electron chi connectivity index (χ2n) is 5.99. The van der Waals surface area contributed by atoms with Crippen molar-refractivity contribution in [3.8, 4) is 0 Å². The molecular weight excluding hydrogens is 297 g/mol. The van der Waals surface area contributed by atoms with E-state index in [1.807, 2.05) is 26.0 Å². The van der Waals surface area contributed by atoms with E-state index in [0.717, 1.165) is 19.1 Å². The summed E-state index contributed by atoms with van der Waals surface area (Å²) in [6.07, 6.45) is 12.0. The molecule has 0 aliphatic rings. The fourth-order valence-electron chi connectivity index (χ4n) is 2.38. The lowest BCUT2D eigenvalue weighted by Crippen LogP contribution is -2.02. The van der Waals surface area contributed by atoms with Gasteiger partial charge in [0, 0.05) is 6.21 Å². The summed E-state index contributed by atoms with van der Waals surface area (Å²) < 4.78 is 13.5. The molecule has 1 N–H and O–H groups in total. The Bertz CT molecular complexity index is 561. The van der Waals surface area contributed by atoms with Crippen LogP contribution in [-0.4, -0.2) is 6.21 Å². The Kier molecular flexibility index (Phi) is 12.4. The van der Waals surface area contributed by atoms with Crippen molar-refractivity contribution in [3.63, 3.8) is 0 Å². The van der Waals surface area contributed by atoms with Gasteiger partial charge in [-0.1, -0.05) is 51.1 Å². The number of halogens is 1. The molecule has 1 rings (SSSR count). The lowest BCUT2D eigenvalue weighted by molar-refractivity contribution is 0.642. The maximum atomic E-state index is 13.5. The zero-order valence-electron chi connectivity index (χ0n) is 15.8. The third-order valence-corrected chi connectivity index (χ3v) is 3.55. The summed E-state index contributed by atoms with van der Waals surface area (Å²) in [6.45, 7) is 10.6. The number of nitrogens with one attached hydrogen (secondary N) is 1. The molecule has 0 fully saturated rings. The van der Waals surface area contributed by atoms with Gasteiger partial charge in [-0.05, 0) is 73.9 Å². The van der Waals surface area contributed by atoms with E-state index in [1.165, 1.54) is 28.8 Å². The molecule has 0 saturated heterocycles. The van der Waals surface area contributed by atoms with Crippen LogP contribution in [0.1, 0.15) is 51.3 Å². The zero-order valence-corrected chi connectivity index (χ0v) is 15.8. The maximum Gasteiger partial charge on any atom is 0.119 e. The van der Waals surface area contributed by atoms with Crippen LogP contribution in [0.4, 0.5) is 4.39 Å². The van der Waals surface area contributed by atoms with Crippen molar-refractivity contribution < 1.29 is 4.39 Å².